The molecule has 0 radical (unpaired) electrons. The molecule has 0 aliphatic carbocycles. The Hall–Kier alpha value is -3.80. The van der Waals surface area contributed by atoms with Gasteiger partial charge >= 0.3 is 6.09 Å². The molecule has 0 saturated carbocycles. The van der Waals surface area contributed by atoms with Crippen molar-refractivity contribution >= 4 is 17.6 Å². The molecule has 1 heterocycles. The van der Waals surface area contributed by atoms with Gasteiger partial charge in [-0.3, -0.25) is 15.1 Å². The fourth-order valence-corrected chi connectivity index (χ4v) is 3.32. The van der Waals surface area contributed by atoms with E-state index in [-0.39, 0.29) is 24.4 Å². The van der Waals surface area contributed by atoms with Crippen LogP contribution in [0.3, 0.4) is 0 Å². The third kappa shape index (κ3) is 4.27. The number of aliphatic imine (C=N–C) groups is 1. The van der Waals surface area contributed by atoms with E-state index >= 15 is 0 Å². The molecule has 1 aliphatic heterocycles. The molecular formula is C24H19FN2O3. The summed E-state index contributed by atoms with van der Waals surface area (Å²) < 4.78 is 19.7. The van der Waals surface area contributed by atoms with Crippen LogP contribution in [0.1, 0.15) is 22.3 Å². The molecule has 1 N–H and O–H groups in total. The van der Waals surface area contributed by atoms with Crippen molar-refractivity contribution in [3.63, 3.8) is 0 Å². The SMILES string of the molecule is O=C(NC1N=C(c2ccccc2F)c2ccccc2CC1=O)OCc1ccccc1. The molecule has 0 fully saturated rings. The summed E-state index contributed by atoms with van der Waals surface area (Å²) in [6.07, 6.45) is -1.86. The summed E-state index contributed by atoms with van der Waals surface area (Å²) in [5.74, 6) is -0.753. The molecule has 4 rings (SSSR count). The van der Waals surface area contributed by atoms with E-state index in [0.29, 0.717) is 11.3 Å². The maximum atomic E-state index is 14.5. The normalized spacial score (nSPS) is 15.6. The number of amides is 1. The molecule has 3 aromatic rings. The number of carbonyl (C=O) groups excluding carboxylic acids is 2. The number of hydrogen-bond donors (Lipinski definition) is 1. The molecule has 1 amide bonds. The predicted molar refractivity (Wildman–Crippen MR) is 111 cm³/mol. The first-order valence-corrected chi connectivity index (χ1v) is 9.53. The van der Waals surface area contributed by atoms with E-state index in [4.69, 9.17) is 4.74 Å². The zero-order valence-electron chi connectivity index (χ0n) is 16.0. The average molecular weight is 402 g/mol. The van der Waals surface area contributed by atoms with Gasteiger partial charge in [-0.05, 0) is 23.3 Å². The Kier molecular flexibility index (Phi) is 5.66. The van der Waals surface area contributed by atoms with E-state index in [1.165, 1.54) is 6.07 Å². The molecular weight excluding hydrogens is 383 g/mol. The third-order valence-corrected chi connectivity index (χ3v) is 4.80. The van der Waals surface area contributed by atoms with Gasteiger partial charge in [-0.1, -0.05) is 66.7 Å². The van der Waals surface area contributed by atoms with Crippen LogP contribution in [-0.2, 0) is 22.6 Å². The van der Waals surface area contributed by atoms with Gasteiger partial charge in [0.15, 0.2) is 11.9 Å². The number of fused-ring (bicyclic) bond motifs is 1. The zero-order valence-corrected chi connectivity index (χ0v) is 16.0. The number of benzene rings is 3. The van der Waals surface area contributed by atoms with Gasteiger partial charge in [-0.25, -0.2) is 9.18 Å². The number of ketones is 1. The van der Waals surface area contributed by atoms with Crippen molar-refractivity contribution in [2.75, 3.05) is 0 Å². The van der Waals surface area contributed by atoms with Crippen LogP contribution in [0.2, 0.25) is 0 Å². The maximum Gasteiger partial charge on any atom is 0.409 e. The maximum absolute atomic E-state index is 14.5. The highest BCUT2D eigenvalue weighted by molar-refractivity contribution is 6.16. The highest BCUT2D eigenvalue weighted by Gasteiger charge is 2.28. The van der Waals surface area contributed by atoms with Crippen molar-refractivity contribution in [1.29, 1.82) is 0 Å². The lowest BCUT2D eigenvalue weighted by atomic mass is 9.95. The third-order valence-electron chi connectivity index (χ3n) is 4.80. The summed E-state index contributed by atoms with van der Waals surface area (Å²) >= 11 is 0. The molecule has 6 heteroatoms. The fourth-order valence-electron chi connectivity index (χ4n) is 3.32. The second-order valence-corrected chi connectivity index (χ2v) is 6.87. The number of ether oxygens (including phenoxy) is 1. The van der Waals surface area contributed by atoms with Gasteiger partial charge in [0.2, 0.25) is 0 Å². The van der Waals surface area contributed by atoms with E-state index in [0.717, 1.165) is 11.1 Å². The zero-order chi connectivity index (χ0) is 20.9. The van der Waals surface area contributed by atoms with Crippen LogP contribution in [0, 0.1) is 5.82 Å². The van der Waals surface area contributed by atoms with Gasteiger partial charge in [0.25, 0.3) is 0 Å². The predicted octanol–water partition coefficient (Wildman–Crippen LogP) is 4.04. The summed E-state index contributed by atoms with van der Waals surface area (Å²) in [7, 11) is 0. The molecule has 0 aromatic heterocycles. The lowest BCUT2D eigenvalue weighted by Crippen LogP contribution is -2.40. The van der Waals surface area contributed by atoms with Crippen molar-refractivity contribution in [2.24, 2.45) is 4.99 Å². The Labute approximate surface area is 173 Å². The average Bonchev–Trinajstić information content (AvgIpc) is 2.90. The minimum Gasteiger partial charge on any atom is -0.445 e. The first-order valence-electron chi connectivity index (χ1n) is 9.53. The lowest BCUT2D eigenvalue weighted by molar-refractivity contribution is -0.120. The Morgan fingerprint density at radius 2 is 1.63 bits per heavy atom. The molecule has 1 atom stereocenters. The van der Waals surface area contributed by atoms with Crippen molar-refractivity contribution in [3.8, 4) is 0 Å². The molecule has 5 nitrogen and oxygen atoms in total. The number of nitrogens with one attached hydrogen (secondary N) is 1. The van der Waals surface area contributed by atoms with Gasteiger partial charge in [-0.2, -0.15) is 0 Å². The molecule has 3 aromatic carbocycles. The molecule has 1 unspecified atom stereocenters. The minimum atomic E-state index is -1.17. The quantitative estimate of drug-likeness (QED) is 0.716. The van der Waals surface area contributed by atoms with Gasteiger partial charge in [-0.15, -0.1) is 0 Å². The van der Waals surface area contributed by atoms with Gasteiger partial charge < -0.3 is 4.74 Å². The number of nitrogens with zero attached hydrogens (tertiary/aromatic N) is 1. The van der Waals surface area contributed by atoms with Crippen LogP contribution in [0.25, 0.3) is 0 Å². The van der Waals surface area contributed by atoms with Gasteiger partial charge in [0, 0.05) is 17.5 Å². The molecule has 0 bridgehead atoms. The number of Topliss-reactive ketones (excluding diaryl/α,β-unsaturated/α-hetero) is 1. The highest BCUT2D eigenvalue weighted by Crippen LogP contribution is 2.22. The second-order valence-electron chi connectivity index (χ2n) is 6.87. The second kappa shape index (κ2) is 8.69. The van der Waals surface area contributed by atoms with Gasteiger partial charge in [0.1, 0.15) is 12.4 Å². The summed E-state index contributed by atoms with van der Waals surface area (Å²) in [5.41, 5.74) is 2.80. The van der Waals surface area contributed by atoms with E-state index in [2.05, 4.69) is 10.3 Å². The van der Waals surface area contributed by atoms with Gasteiger partial charge in [0.05, 0.1) is 5.71 Å². The smallest absolute Gasteiger partial charge is 0.409 e. The minimum absolute atomic E-state index is 0.0672. The number of halogens is 1. The Balaban J connectivity index is 1.61. The number of hydrogen-bond acceptors (Lipinski definition) is 4. The highest BCUT2D eigenvalue weighted by atomic mass is 19.1. The molecule has 1 aliphatic rings. The van der Waals surface area contributed by atoms with Crippen LogP contribution in [-0.4, -0.2) is 23.8 Å². The number of carbonyl (C=O) groups is 2. The largest absolute Gasteiger partial charge is 0.445 e. The molecule has 150 valence electrons. The Bertz CT molecular complexity index is 1110. The van der Waals surface area contributed by atoms with Crippen LogP contribution in [0.5, 0.6) is 0 Å². The molecule has 0 saturated heterocycles. The standard InChI is InChI=1S/C24H19FN2O3/c25-20-13-7-6-12-19(20)22-18-11-5-4-10-17(18)14-21(28)23(26-22)27-24(29)30-15-16-8-2-1-3-9-16/h1-13,23H,14-15H2,(H,27,29). The van der Waals surface area contributed by atoms with Crippen LogP contribution in [0.15, 0.2) is 83.9 Å². The number of alkyl carbamates (subject to hydrolysis) is 1. The number of rotatable bonds is 4. The monoisotopic (exact) mass is 402 g/mol. The molecule has 0 spiro atoms. The first-order chi connectivity index (χ1) is 14.6. The van der Waals surface area contributed by atoms with E-state index in [9.17, 15) is 14.0 Å². The summed E-state index contributed by atoms with van der Waals surface area (Å²) in [6.45, 7) is 0.0672. The van der Waals surface area contributed by atoms with Crippen LogP contribution in [0.4, 0.5) is 9.18 Å². The lowest BCUT2D eigenvalue weighted by Gasteiger charge is -2.14. The molecule has 30 heavy (non-hydrogen) atoms. The topological polar surface area (TPSA) is 67.8 Å². The van der Waals surface area contributed by atoms with Crippen LogP contribution < -0.4 is 5.32 Å². The van der Waals surface area contributed by atoms with E-state index < -0.39 is 18.1 Å². The van der Waals surface area contributed by atoms with Crippen LogP contribution >= 0.6 is 0 Å². The first kappa shape index (κ1) is 19.5. The summed E-state index contributed by atoms with van der Waals surface area (Å²) in [4.78, 5) is 29.5. The Morgan fingerprint density at radius 1 is 0.967 bits per heavy atom. The van der Waals surface area contributed by atoms with E-state index in [1.54, 1.807) is 30.3 Å². The van der Waals surface area contributed by atoms with Crippen molar-refractivity contribution < 1.29 is 18.7 Å². The fraction of sp³-hybridized carbons (Fsp3) is 0.125. The van der Waals surface area contributed by atoms with E-state index in [1.807, 2.05) is 42.5 Å². The summed E-state index contributed by atoms with van der Waals surface area (Å²) in [5, 5.41) is 2.51. The Morgan fingerprint density at radius 3 is 2.40 bits per heavy atom. The van der Waals surface area contributed by atoms with Crippen molar-refractivity contribution in [2.45, 2.75) is 19.2 Å². The summed E-state index contributed by atoms with van der Waals surface area (Å²) in [6, 6.07) is 22.7. The van der Waals surface area contributed by atoms with Crippen molar-refractivity contribution in [3.05, 3.63) is 107 Å². The van der Waals surface area contributed by atoms with Crippen molar-refractivity contribution in [1.82, 2.24) is 5.32 Å².